The Hall–Kier alpha value is -2.29. The van der Waals surface area contributed by atoms with E-state index in [9.17, 15) is 4.79 Å². The van der Waals surface area contributed by atoms with Gasteiger partial charge in [-0.05, 0) is 29.7 Å². The normalized spacial score (nSPS) is 10.1. The van der Waals surface area contributed by atoms with Gasteiger partial charge in [0.15, 0.2) is 0 Å². The van der Waals surface area contributed by atoms with Crippen molar-refractivity contribution in [2.24, 2.45) is 0 Å². The predicted octanol–water partition coefficient (Wildman–Crippen LogP) is 3.65. The van der Waals surface area contributed by atoms with Gasteiger partial charge in [0.1, 0.15) is 0 Å². The molecule has 0 aromatic heterocycles. The number of methoxy groups -OCH3 is 1. The van der Waals surface area contributed by atoms with E-state index in [1.54, 1.807) is 6.07 Å². The molecule has 2 rings (SSSR count). The van der Waals surface area contributed by atoms with E-state index in [4.69, 9.17) is 4.74 Å². The number of carbonyl (C=O) groups is 1. The monoisotopic (exact) mass is 269 g/mol. The van der Waals surface area contributed by atoms with Crippen LogP contribution in [0.3, 0.4) is 0 Å². The van der Waals surface area contributed by atoms with Gasteiger partial charge in [-0.15, -0.1) is 0 Å². The third kappa shape index (κ3) is 3.18. The molecule has 0 unspecified atom stereocenters. The van der Waals surface area contributed by atoms with E-state index in [-0.39, 0.29) is 5.97 Å². The molecule has 0 saturated carbocycles. The maximum absolute atomic E-state index is 11.7. The van der Waals surface area contributed by atoms with Crippen LogP contribution in [0.2, 0.25) is 0 Å². The summed E-state index contributed by atoms with van der Waals surface area (Å²) in [5, 5.41) is 3.39. The molecule has 3 nitrogen and oxygen atoms in total. The van der Waals surface area contributed by atoms with Crippen LogP contribution in [0, 0.1) is 0 Å². The summed E-state index contributed by atoms with van der Waals surface area (Å²) in [5.41, 5.74) is 3.92. The summed E-state index contributed by atoms with van der Waals surface area (Å²) in [6, 6.07) is 15.7. The Morgan fingerprint density at radius 1 is 1.05 bits per heavy atom. The average molecular weight is 269 g/mol. The number of esters is 1. The highest BCUT2D eigenvalue weighted by atomic mass is 16.5. The van der Waals surface area contributed by atoms with Gasteiger partial charge < -0.3 is 10.1 Å². The van der Waals surface area contributed by atoms with Gasteiger partial charge in [-0.2, -0.15) is 0 Å². The second-order valence-electron chi connectivity index (χ2n) is 4.51. The number of anilines is 1. The van der Waals surface area contributed by atoms with Crippen molar-refractivity contribution in [3.05, 3.63) is 65.2 Å². The van der Waals surface area contributed by atoms with Gasteiger partial charge in [0.05, 0.1) is 12.7 Å². The predicted molar refractivity (Wildman–Crippen MR) is 80.9 cm³/mol. The summed E-state index contributed by atoms with van der Waals surface area (Å²) in [6.45, 7) is 2.73. The highest BCUT2D eigenvalue weighted by Gasteiger charge is 2.10. The zero-order chi connectivity index (χ0) is 14.4. The topological polar surface area (TPSA) is 38.3 Å². The Kier molecular flexibility index (Phi) is 4.77. The fourth-order valence-corrected chi connectivity index (χ4v) is 2.18. The molecule has 0 fully saturated rings. The van der Waals surface area contributed by atoms with Crippen LogP contribution in [0.15, 0.2) is 48.5 Å². The summed E-state index contributed by atoms with van der Waals surface area (Å²) in [5.74, 6) is -0.300. The number of hydrogen-bond donors (Lipinski definition) is 1. The minimum Gasteiger partial charge on any atom is -0.465 e. The van der Waals surface area contributed by atoms with Crippen LogP contribution in [-0.4, -0.2) is 13.1 Å². The van der Waals surface area contributed by atoms with Crippen LogP contribution in [0.4, 0.5) is 5.69 Å². The Balaban J connectivity index is 2.17. The maximum Gasteiger partial charge on any atom is 0.338 e. The van der Waals surface area contributed by atoms with Crippen LogP contribution >= 0.6 is 0 Å². The third-order valence-corrected chi connectivity index (χ3v) is 3.29. The summed E-state index contributed by atoms with van der Waals surface area (Å²) >= 11 is 0. The molecular weight excluding hydrogens is 250 g/mol. The van der Waals surface area contributed by atoms with Crippen molar-refractivity contribution in [2.75, 3.05) is 12.4 Å². The van der Waals surface area contributed by atoms with E-state index in [1.807, 2.05) is 30.3 Å². The molecule has 1 N–H and O–H groups in total. The Morgan fingerprint density at radius 3 is 2.40 bits per heavy atom. The molecule has 0 bridgehead atoms. The fourth-order valence-electron chi connectivity index (χ4n) is 2.18. The van der Waals surface area contributed by atoms with Crippen LogP contribution < -0.4 is 5.32 Å². The molecule has 0 saturated heterocycles. The summed E-state index contributed by atoms with van der Waals surface area (Å²) in [4.78, 5) is 11.7. The Labute approximate surface area is 119 Å². The number of hydrogen-bond acceptors (Lipinski definition) is 3. The molecule has 20 heavy (non-hydrogen) atoms. The third-order valence-electron chi connectivity index (χ3n) is 3.29. The van der Waals surface area contributed by atoms with Gasteiger partial charge >= 0.3 is 5.97 Å². The van der Waals surface area contributed by atoms with Gasteiger partial charge in [-0.1, -0.05) is 43.3 Å². The average Bonchev–Trinajstić information content (AvgIpc) is 2.52. The SMILES string of the molecule is CCc1ccccc1NCc1ccccc1C(=O)OC. The van der Waals surface area contributed by atoms with Gasteiger partial charge in [-0.3, -0.25) is 0 Å². The first-order valence-electron chi connectivity index (χ1n) is 6.74. The molecular formula is C17H19NO2. The highest BCUT2D eigenvalue weighted by molar-refractivity contribution is 5.91. The number of ether oxygens (including phenoxy) is 1. The first-order chi connectivity index (χ1) is 9.76. The largest absolute Gasteiger partial charge is 0.465 e. The quantitative estimate of drug-likeness (QED) is 0.842. The van der Waals surface area contributed by atoms with Crippen molar-refractivity contribution >= 4 is 11.7 Å². The first-order valence-corrected chi connectivity index (χ1v) is 6.74. The molecule has 0 spiro atoms. The van der Waals surface area contributed by atoms with Crippen molar-refractivity contribution in [1.82, 2.24) is 0 Å². The zero-order valence-electron chi connectivity index (χ0n) is 11.8. The Morgan fingerprint density at radius 2 is 1.70 bits per heavy atom. The summed E-state index contributed by atoms with van der Waals surface area (Å²) in [7, 11) is 1.40. The van der Waals surface area contributed by atoms with Gasteiger partial charge in [0.25, 0.3) is 0 Å². The molecule has 0 amide bonds. The lowest BCUT2D eigenvalue weighted by Gasteiger charge is -2.12. The number of carbonyl (C=O) groups excluding carboxylic acids is 1. The van der Waals surface area contributed by atoms with Gasteiger partial charge in [0.2, 0.25) is 0 Å². The number of nitrogens with one attached hydrogen (secondary N) is 1. The lowest BCUT2D eigenvalue weighted by molar-refractivity contribution is 0.0599. The molecule has 0 aliphatic heterocycles. The Bertz CT molecular complexity index is 593. The van der Waals surface area contributed by atoms with E-state index >= 15 is 0 Å². The summed E-state index contributed by atoms with van der Waals surface area (Å²) < 4.78 is 4.81. The molecule has 0 heterocycles. The van der Waals surface area contributed by atoms with Crippen molar-refractivity contribution in [3.63, 3.8) is 0 Å². The molecule has 0 atom stereocenters. The number of aryl methyl sites for hydroxylation is 1. The lowest BCUT2D eigenvalue weighted by atomic mass is 10.1. The molecule has 0 aliphatic rings. The lowest BCUT2D eigenvalue weighted by Crippen LogP contribution is -2.09. The van der Waals surface area contributed by atoms with Crippen molar-refractivity contribution in [1.29, 1.82) is 0 Å². The van der Waals surface area contributed by atoms with E-state index < -0.39 is 0 Å². The standard InChI is InChI=1S/C17H19NO2/c1-3-13-8-5-7-11-16(13)18-12-14-9-4-6-10-15(14)17(19)20-2/h4-11,18H,3,12H2,1-2H3. The first kappa shape index (κ1) is 14.1. The molecule has 0 aliphatic carbocycles. The van der Waals surface area contributed by atoms with Crippen molar-refractivity contribution in [3.8, 4) is 0 Å². The number of benzene rings is 2. The maximum atomic E-state index is 11.7. The molecule has 104 valence electrons. The minimum absolute atomic E-state index is 0.300. The highest BCUT2D eigenvalue weighted by Crippen LogP contribution is 2.18. The van der Waals surface area contributed by atoms with E-state index in [0.717, 1.165) is 17.7 Å². The molecule has 0 radical (unpaired) electrons. The minimum atomic E-state index is -0.300. The van der Waals surface area contributed by atoms with Crippen LogP contribution in [0.25, 0.3) is 0 Å². The van der Waals surface area contributed by atoms with Gasteiger partial charge in [0, 0.05) is 12.2 Å². The van der Waals surface area contributed by atoms with Crippen LogP contribution in [0.1, 0.15) is 28.4 Å². The summed E-state index contributed by atoms with van der Waals surface area (Å²) in [6.07, 6.45) is 0.974. The smallest absolute Gasteiger partial charge is 0.338 e. The molecule has 2 aromatic carbocycles. The number of para-hydroxylation sites is 1. The van der Waals surface area contributed by atoms with Gasteiger partial charge in [-0.25, -0.2) is 4.79 Å². The van der Waals surface area contributed by atoms with Crippen LogP contribution in [-0.2, 0) is 17.7 Å². The second kappa shape index (κ2) is 6.75. The molecule has 3 heteroatoms. The van der Waals surface area contributed by atoms with E-state index in [0.29, 0.717) is 12.1 Å². The second-order valence-corrected chi connectivity index (χ2v) is 4.51. The number of rotatable bonds is 5. The fraction of sp³-hybridized carbons (Fsp3) is 0.235. The zero-order valence-corrected chi connectivity index (χ0v) is 11.8. The molecule has 2 aromatic rings. The van der Waals surface area contributed by atoms with Crippen molar-refractivity contribution in [2.45, 2.75) is 19.9 Å². The van der Waals surface area contributed by atoms with E-state index in [1.165, 1.54) is 12.7 Å². The van der Waals surface area contributed by atoms with E-state index in [2.05, 4.69) is 24.4 Å². The van der Waals surface area contributed by atoms with Crippen molar-refractivity contribution < 1.29 is 9.53 Å². The van der Waals surface area contributed by atoms with Crippen LogP contribution in [0.5, 0.6) is 0 Å².